The number of methoxy groups -OCH3 is 1. The van der Waals surface area contributed by atoms with E-state index in [0.29, 0.717) is 37.9 Å². The van der Waals surface area contributed by atoms with Gasteiger partial charge in [-0.25, -0.2) is 9.97 Å². The zero-order valence-corrected chi connectivity index (χ0v) is 34.2. The first-order valence-electron chi connectivity index (χ1n) is 17.9. The van der Waals surface area contributed by atoms with E-state index in [9.17, 15) is 10.4 Å². The Balaban J connectivity index is 0.000000175. The fraction of sp³-hybridized carbons (Fsp3) is 0.150. The molecule has 0 atom stereocenters. The lowest BCUT2D eigenvalue weighted by Gasteiger charge is -2.11. The van der Waals surface area contributed by atoms with E-state index < -0.39 is 0 Å². The summed E-state index contributed by atoms with van der Waals surface area (Å²) < 4.78 is 12.3. The number of ether oxygens (including phenoxy) is 1. The monoisotopic (exact) mass is 894 g/mol. The number of hydrogen-bond acceptors (Lipinski definition) is 11. The molecule has 0 bridgehead atoms. The van der Waals surface area contributed by atoms with Gasteiger partial charge in [-0.1, -0.05) is 70.1 Å². The number of aromatic nitrogens is 8. The van der Waals surface area contributed by atoms with Crippen LogP contribution in [0.15, 0.2) is 131 Å². The highest BCUT2D eigenvalue weighted by atomic mass is 79.9. The second kappa shape index (κ2) is 18.1. The van der Waals surface area contributed by atoms with Crippen molar-refractivity contribution in [3.05, 3.63) is 142 Å². The Labute approximate surface area is 344 Å². The average molecular weight is 897 g/mol. The SMILES string of the molecule is CNc1ccc(CNc2cc(-c3ccccc3)nc3c(Br)cnn23)c[n+]1O.COCCNc1ccc(CNc2cc(-c3ccccc3)nc3c(Br)cnn23)c[n+]1O. The van der Waals surface area contributed by atoms with E-state index >= 15 is 0 Å². The van der Waals surface area contributed by atoms with E-state index in [-0.39, 0.29) is 0 Å². The molecule has 0 radical (unpaired) electrons. The summed E-state index contributed by atoms with van der Waals surface area (Å²) in [5, 5.41) is 41.8. The van der Waals surface area contributed by atoms with E-state index in [1.807, 2.05) is 97.1 Å². The molecule has 0 aliphatic rings. The fourth-order valence-corrected chi connectivity index (χ4v) is 6.61. The number of hydrogen-bond donors (Lipinski definition) is 6. The van der Waals surface area contributed by atoms with Crippen molar-refractivity contribution >= 4 is 66.4 Å². The van der Waals surface area contributed by atoms with Crippen molar-refractivity contribution in [2.75, 3.05) is 48.6 Å². The summed E-state index contributed by atoms with van der Waals surface area (Å²) in [5.41, 5.74) is 7.06. The molecule has 0 saturated heterocycles. The van der Waals surface area contributed by atoms with Crippen LogP contribution >= 0.6 is 31.9 Å². The van der Waals surface area contributed by atoms with E-state index in [1.165, 1.54) is 0 Å². The highest BCUT2D eigenvalue weighted by Crippen LogP contribution is 2.27. The molecule has 0 aliphatic carbocycles. The second-order valence-electron chi connectivity index (χ2n) is 12.7. The van der Waals surface area contributed by atoms with Gasteiger partial charge in [0, 0.05) is 66.7 Å². The Morgan fingerprint density at radius 1 is 0.649 bits per heavy atom. The first-order chi connectivity index (χ1) is 27.8. The Kier molecular flexibility index (Phi) is 12.4. The van der Waals surface area contributed by atoms with Gasteiger partial charge in [-0.15, -0.1) is 0 Å². The number of benzene rings is 2. The summed E-state index contributed by atoms with van der Waals surface area (Å²) >= 11 is 7.03. The number of pyridine rings is 2. The molecule has 6 N–H and O–H groups in total. The molecule has 17 heteroatoms. The molecule has 0 spiro atoms. The van der Waals surface area contributed by atoms with Crippen molar-refractivity contribution in [2.24, 2.45) is 0 Å². The predicted octanol–water partition coefficient (Wildman–Crippen LogP) is 6.69. The molecule has 15 nitrogen and oxygen atoms in total. The quantitative estimate of drug-likeness (QED) is 0.0415. The summed E-state index contributed by atoms with van der Waals surface area (Å²) in [6.45, 7) is 2.20. The van der Waals surface area contributed by atoms with Gasteiger partial charge in [0.2, 0.25) is 0 Å². The minimum absolute atomic E-state index is 0.504. The zero-order valence-electron chi connectivity index (χ0n) is 31.0. The maximum atomic E-state index is 10.2. The van der Waals surface area contributed by atoms with Crippen LogP contribution in [0.1, 0.15) is 11.1 Å². The van der Waals surface area contributed by atoms with Gasteiger partial charge in [-0.05, 0) is 44.0 Å². The van der Waals surface area contributed by atoms with Crippen LogP contribution in [-0.2, 0) is 17.8 Å². The van der Waals surface area contributed by atoms with E-state index in [2.05, 4.69) is 63.3 Å². The van der Waals surface area contributed by atoms with Gasteiger partial charge in [0.05, 0.1) is 46.4 Å². The molecule has 8 aromatic rings. The van der Waals surface area contributed by atoms with Crippen molar-refractivity contribution in [1.29, 1.82) is 0 Å². The largest absolute Gasteiger partial charge is 0.381 e. The molecule has 6 heterocycles. The predicted molar refractivity (Wildman–Crippen MR) is 224 cm³/mol. The highest BCUT2D eigenvalue weighted by molar-refractivity contribution is 9.11. The standard InChI is InChI=1S/C21H21BrN6O2.C19H17BrN6O/c1-30-10-9-23-19-8-7-15(14-27(19)29)12-24-20-11-18(16-5-3-2-4-6-16)26-21-17(22)13-25-28(20)21;1-21-17-8-7-13(12-25(17)27)10-22-18-9-16(14-5-3-2-4-6-14)24-19-15(20)11-23-26(18)19/h2-8,11,13-14,29H,9-10,12H2,1H3,(H,24,25,26);2-9,11-12,27H,10H2,1H3,(H,22,23,24)/p+2. The summed E-state index contributed by atoms with van der Waals surface area (Å²) in [6, 6.07) is 31.5. The Morgan fingerprint density at radius 3 is 1.56 bits per heavy atom. The number of rotatable bonds is 13. The van der Waals surface area contributed by atoms with Gasteiger partial charge >= 0.3 is 11.6 Å². The van der Waals surface area contributed by atoms with Gasteiger partial charge in [-0.3, -0.25) is 10.6 Å². The second-order valence-corrected chi connectivity index (χ2v) is 14.4. The van der Waals surface area contributed by atoms with Gasteiger partial charge in [0.1, 0.15) is 30.6 Å². The van der Waals surface area contributed by atoms with Crippen molar-refractivity contribution < 1.29 is 24.6 Å². The summed E-state index contributed by atoms with van der Waals surface area (Å²) in [4.78, 5) is 9.45. The fourth-order valence-electron chi connectivity index (χ4n) is 5.91. The van der Waals surface area contributed by atoms with E-state index in [0.717, 1.165) is 75.0 Å². The minimum atomic E-state index is 0.504. The molecule has 57 heavy (non-hydrogen) atoms. The molecule has 0 fully saturated rings. The number of fused-ring (bicyclic) bond motifs is 2. The Bertz CT molecular complexity index is 2610. The topological polar surface area (TPSA) is 166 Å². The third-order valence-electron chi connectivity index (χ3n) is 8.79. The Morgan fingerprint density at radius 2 is 1.12 bits per heavy atom. The third kappa shape index (κ3) is 9.23. The number of nitrogens with zero attached hydrogens (tertiary/aromatic N) is 8. The van der Waals surface area contributed by atoms with Crippen LogP contribution in [0, 0.1) is 0 Å². The average Bonchev–Trinajstić information content (AvgIpc) is 3.82. The molecular weight excluding hydrogens is 856 g/mol. The maximum Gasteiger partial charge on any atom is 0.313 e. The molecule has 2 aromatic carbocycles. The smallest absolute Gasteiger partial charge is 0.313 e. The van der Waals surface area contributed by atoms with Crippen LogP contribution in [0.4, 0.5) is 23.3 Å². The first kappa shape index (κ1) is 39.0. The molecule has 290 valence electrons. The third-order valence-corrected chi connectivity index (χ3v) is 9.91. The molecule has 8 rings (SSSR count). The first-order valence-corrected chi connectivity index (χ1v) is 19.4. The number of halogens is 2. The number of anilines is 4. The lowest BCUT2D eigenvalue weighted by Crippen LogP contribution is -2.35. The number of nitrogens with one attached hydrogen (secondary N) is 4. The van der Waals surface area contributed by atoms with Gasteiger partial charge in [0.25, 0.3) is 0 Å². The van der Waals surface area contributed by atoms with E-state index in [1.54, 1.807) is 48.0 Å². The maximum absolute atomic E-state index is 10.2. The molecule has 6 aromatic heterocycles. The van der Waals surface area contributed by atoms with Crippen molar-refractivity contribution in [1.82, 2.24) is 29.2 Å². The van der Waals surface area contributed by atoms with Crippen LogP contribution in [0.3, 0.4) is 0 Å². The normalized spacial score (nSPS) is 10.9. The lowest BCUT2D eigenvalue weighted by molar-refractivity contribution is -0.893. The van der Waals surface area contributed by atoms with E-state index in [4.69, 9.17) is 14.7 Å². The molecule has 0 unspecified atom stereocenters. The zero-order chi connectivity index (χ0) is 39.7. The summed E-state index contributed by atoms with van der Waals surface area (Å²) in [7, 11) is 3.40. The molecule has 0 amide bonds. The van der Waals surface area contributed by atoms with Gasteiger partial charge in [-0.2, -0.15) is 19.2 Å². The molecule has 0 aliphatic heterocycles. The Hall–Kier alpha value is -6.30. The van der Waals surface area contributed by atoms with Gasteiger partial charge in [0.15, 0.2) is 11.3 Å². The van der Waals surface area contributed by atoms with Gasteiger partial charge < -0.3 is 25.8 Å². The van der Waals surface area contributed by atoms with Crippen molar-refractivity contribution in [3.8, 4) is 22.5 Å². The van der Waals surface area contributed by atoms with Crippen LogP contribution in [0.2, 0.25) is 0 Å². The van der Waals surface area contributed by atoms with Crippen LogP contribution in [-0.4, -0.2) is 66.9 Å². The minimum Gasteiger partial charge on any atom is -0.381 e. The summed E-state index contributed by atoms with van der Waals surface area (Å²) in [6.07, 6.45) is 6.78. The van der Waals surface area contributed by atoms with Crippen LogP contribution in [0.5, 0.6) is 0 Å². The van der Waals surface area contributed by atoms with Crippen molar-refractivity contribution in [2.45, 2.75) is 13.1 Å². The van der Waals surface area contributed by atoms with Crippen LogP contribution < -0.4 is 30.7 Å². The molecular formula is C40H40Br2N12O3+2. The summed E-state index contributed by atoms with van der Waals surface area (Å²) in [5.74, 6) is 2.83. The molecule has 0 saturated carbocycles. The van der Waals surface area contributed by atoms with Crippen LogP contribution in [0.25, 0.3) is 33.8 Å². The van der Waals surface area contributed by atoms with Crippen molar-refractivity contribution in [3.63, 3.8) is 0 Å². The highest BCUT2D eigenvalue weighted by Gasteiger charge is 2.15. The lowest BCUT2D eigenvalue weighted by atomic mass is 10.1.